The van der Waals surface area contributed by atoms with Crippen molar-refractivity contribution in [2.45, 2.75) is 34.1 Å². The number of hydrogen-bond donors (Lipinski definition) is 1. The van der Waals surface area contributed by atoms with Crippen molar-refractivity contribution in [1.82, 2.24) is 0 Å². The summed E-state index contributed by atoms with van der Waals surface area (Å²) >= 11 is -1.91. The van der Waals surface area contributed by atoms with Crippen LogP contribution in [-0.4, -0.2) is 29.5 Å². The molecule has 0 atom stereocenters. The molecule has 0 aliphatic rings. The van der Waals surface area contributed by atoms with E-state index >= 15 is 0 Å². The van der Waals surface area contributed by atoms with Gasteiger partial charge in [-0.3, -0.25) is 0 Å². The van der Waals surface area contributed by atoms with Gasteiger partial charge in [-0.25, -0.2) is 0 Å². The summed E-state index contributed by atoms with van der Waals surface area (Å²) in [6.45, 7) is 0. The Morgan fingerprint density at radius 2 is 1.75 bits per heavy atom. The van der Waals surface area contributed by atoms with E-state index in [2.05, 4.69) is 39.1 Å². The monoisotopic (exact) mass is 328 g/mol. The van der Waals surface area contributed by atoms with Gasteiger partial charge in [-0.2, -0.15) is 0 Å². The molecule has 1 rings (SSSR count). The third kappa shape index (κ3) is 4.56. The van der Waals surface area contributed by atoms with Crippen molar-refractivity contribution < 1.29 is 9.90 Å². The molecule has 88 valence electrons. The van der Waals surface area contributed by atoms with Gasteiger partial charge in [-0.1, -0.05) is 0 Å². The van der Waals surface area contributed by atoms with Crippen LogP contribution in [0.4, 0.5) is 0 Å². The van der Waals surface area contributed by atoms with E-state index in [4.69, 9.17) is 5.11 Å². The van der Waals surface area contributed by atoms with Gasteiger partial charge in [0.05, 0.1) is 0 Å². The molecule has 1 aromatic rings. The first kappa shape index (κ1) is 13.6. The Kier molecular flexibility index (Phi) is 4.84. The number of benzene rings is 1. The summed E-state index contributed by atoms with van der Waals surface area (Å²) in [7, 11) is 0. The summed E-state index contributed by atoms with van der Waals surface area (Å²) in [4.78, 5) is 17.6. The zero-order valence-corrected chi connectivity index (χ0v) is 13.1. The van der Waals surface area contributed by atoms with Crippen LogP contribution in [0.2, 0.25) is 14.8 Å². The molecule has 0 heterocycles. The van der Waals surface area contributed by atoms with Crippen LogP contribution in [0.3, 0.4) is 0 Å². The van der Waals surface area contributed by atoms with Crippen LogP contribution in [0.5, 0.6) is 0 Å². The minimum absolute atomic E-state index is 0.264. The number of aliphatic carboxylic acids is 1. The molecule has 0 fully saturated rings. The van der Waals surface area contributed by atoms with Crippen molar-refractivity contribution in [3.05, 3.63) is 29.8 Å². The molecular formula is C13H20O2Sn. The fourth-order valence-corrected chi connectivity index (χ4v) is 4.94. The summed E-state index contributed by atoms with van der Waals surface area (Å²) in [5, 5.41) is 8.55. The zero-order valence-electron chi connectivity index (χ0n) is 10.3. The van der Waals surface area contributed by atoms with Crippen molar-refractivity contribution in [3.63, 3.8) is 0 Å². The quantitative estimate of drug-likeness (QED) is 0.845. The maximum absolute atomic E-state index is 10.4. The Balaban J connectivity index is 2.55. The van der Waals surface area contributed by atoms with Gasteiger partial charge in [0, 0.05) is 0 Å². The summed E-state index contributed by atoms with van der Waals surface area (Å²) < 4.78 is 1.52. The van der Waals surface area contributed by atoms with Crippen LogP contribution in [0, 0.1) is 0 Å². The SMILES string of the molecule is [CH3][Sn]([CH3])([CH3])[c]1ccc(CCCC(=O)O)cc1. The summed E-state index contributed by atoms with van der Waals surface area (Å²) in [5.41, 5.74) is 1.25. The molecule has 0 aliphatic carbocycles. The number of aryl methyl sites for hydroxylation is 1. The van der Waals surface area contributed by atoms with Crippen molar-refractivity contribution >= 4 is 27.9 Å². The van der Waals surface area contributed by atoms with Crippen LogP contribution in [0.25, 0.3) is 0 Å². The van der Waals surface area contributed by atoms with E-state index in [1.165, 1.54) is 9.14 Å². The fourth-order valence-electron chi connectivity index (χ4n) is 1.62. The summed E-state index contributed by atoms with van der Waals surface area (Å²) in [5.74, 6) is -0.706. The number of carbonyl (C=O) groups is 1. The first-order chi connectivity index (χ1) is 7.39. The molecule has 0 amide bonds. The molecule has 0 radical (unpaired) electrons. The molecule has 0 spiro atoms. The predicted octanol–water partition coefficient (Wildman–Crippen LogP) is 2.64. The molecule has 0 aromatic heterocycles. The maximum atomic E-state index is 10.4. The second-order valence-corrected chi connectivity index (χ2v) is 19.7. The van der Waals surface area contributed by atoms with Crippen LogP contribution in [-0.2, 0) is 11.2 Å². The average Bonchev–Trinajstić information content (AvgIpc) is 2.16. The molecule has 0 saturated heterocycles. The van der Waals surface area contributed by atoms with Crippen LogP contribution in [0.1, 0.15) is 18.4 Å². The number of hydrogen-bond acceptors (Lipinski definition) is 1. The van der Waals surface area contributed by atoms with Crippen molar-refractivity contribution in [2.24, 2.45) is 0 Å². The third-order valence-corrected chi connectivity index (χ3v) is 8.57. The summed E-state index contributed by atoms with van der Waals surface area (Å²) in [6.07, 6.45) is 1.86. The van der Waals surface area contributed by atoms with E-state index in [9.17, 15) is 4.79 Å². The van der Waals surface area contributed by atoms with Gasteiger partial charge in [0.15, 0.2) is 0 Å². The van der Waals surface area contributed by atoms with Gasteiger partial charge >= 0.3 is 102 Å². The topological polar surface area (TPSA) is 37.3 Å². The van der Waals surface area contributed by atoms with Gasteiger partial charge < -0.3 is 0 Å². The molecule has 3 heteroatoms. The first-order valence-electron chi connectivity index (χ1n) is 5.71. The Morgan fingerprint density at radius 1 is 1.19 bits per heavy atom. The Bertz CT molecular complexity index is 349. The van der Waals surface area contributed by atoms with E-state index in [0.29, 0.717) is 0 Å². The third-order valence-electron chi connectivity index (χ3n) is 2.68. The Labute approximate surface area is 102 Å². The molecule has 0 bridgehead atoms. The molecule has 0 saturated carbocycles. The predicted molar refractivity (Wildman–Crippen MR) is 70.0 cm³/mol. The molecular weight excluding hydrogens is 307 g/mol. The summed E-state index contributed by atoms with van der Waals surface area (Å²) in [6, 6.07) is 8.76. The normalized spacial score (nSPS) is 11.4. The van der Waals surface area contributed by atoms with E-state index in [1.54, 1.807) is 0 Å². The number of carboxylic acids is 1. The molecule has 1 aromatic carbocycles. The van der Waals surface area contributed by atoms with Crippen LogP contribution >= 0.6 is 0 Å². The zero-order chi connectivity index (χ0) is 12.2. The van der Waals surface area contributed by atoms with Crippen molar-refractivity contribution in [3.8, 4) is 0 Å². The van der Waals surface area contributed by atoms with Gasteiger partial charge in [-0.15, -0.1) is 0 Å². The van der Waals surface area contributed by atoms with Gasteiger partial charge in [0.2, 0.25) is 0 Å². The molecule has 0 aliphatic heterocycles. The second kappa shape index (κ2) is 5.71. The van der Waals surface area contributed by atoms with Gasteiger partial charge in [0.1, 0.15) is 0 Å². The number of rotatable bonds is 5. The van der Waals surface area contributed by atoms with Gasteiger partial charge in [0.25, 0.3) is 0 Å². The van der Waals surface area contributed by atoms with Crippen molar-refractivity contribution in [2.75, 3.05) is 0 Å². The average molecular weight is 327 g/mol. The van der Waals surface area contributed by atoms with Gasteiger partial charge in [-0.05, 0) is 0 Å². The standard InChI is InChI=1S/C10H11O2.3CH3.Sn/c11-10(12)8-4-7-9-5-2-1-3-6-9;;;;/h2-3,5-6H,4,7-8H2,(H,11,12);3*1H3;. The molecule has 1 N–H and O–H groups in total. The van der Waals surface area contributed by atoms with E-state index in [0.717, 1.165) is 12.8 Å². The van der Waals surface area contributed by atoms with Crippen LogP contribution < -0.4 is 3.58 Å². The second-order valence-electron chi connectivity index (χ2n) is 5.19. The first-order valence-corrected chi connectivity index (χ1v) is 15.7. The molecule has 16 heavy (non-hydrogen) atoms. The molecule has 0 unspecified atom stereocenters. The van der Waals surface area contributed by atoms with E-state index < -0.39 is 24.3 Å². The number of carboxylic acid groups (broad SMARTS) is 1. The van der Waals surface area contributed by atoms with E-state index in [-0.39, 0.29) is 6.42 Å². The Hall–Kier alpha value is -0.511. The minimum atomic E-state index is -1.91. The van der Waals surface area contributed by atoms with Crippen molar-refractivity contribution in [1.29, 1.82) is 0 Å². The fraction of sp³-hybridized carbons (Fsp3) is 0.462. The van der Waals surface area contributed by atoms with E-state index in [1.807, 2.05) is 0 Å². The van der Waals surface area contributed by atoms with Crippen LogP contribution in [0.15, 0.2) is 24.3 Å². The Morgan fingerprint density at radius 3 is 2.19 bits per heavy atom. The molecule has 2 nitrogen and oxygen atoms in total.